The van der Waals surface area contributed by atoms with Gasteiger partial charge in [-0.2, -0.15) is 0 Å². The van der Waals surface area contributed by atoms with E-state index in [4.69, 9.17) is 0 Å². The van der Waals surface area contributed by atoms with Crippen molar-refractivity contribution in [1.29, 1.82) is 0 Å². The molecule has 46 valence electrons. The molecular formula is C6H11NO. The minimum Gasteiger partial charge on any atom is -0.309 e. The second-order valence-corrected chi connectivity index (χ2v) is 2.20. The van der Waals surface area contributed by atoms with Crippen LogP contribution in [0.15, 0.2) is 0 Å². The van der Waals surface area contributed by atoms with E-state index in [1.807, 2.05) is 0 Å². The number of hydrogen-bond acceptors (Lipinski definition) is 2. The van der Waals surface area contributed by atoms with Gasteiger partial charge in [-0.25, -0.2) is 0 Å². The van der Waals surface area contributed by atoms with Crippen molar-refractivity contribution in [2.45, 2.75) is 13.3 Å². The lowest BCUT2D eigenvalue weighted by molar-refractivity contribution is -0.119. The zero-order valence-electron chi connectivity index (χ0n) is 5.11. The lowest BCUT2D eigenvalue weighted by atomic mass is 10.1. The van der Waals surface area contributed by atoms with Gasteiger partial charge in [-0.15, -0.1) is 0 Å². The first-order valence-corrected chi connectivity index (χ1v) is 3.08. The Morgan fingerprint density at radius 1 is 1.88 bits per heavy atom. The maximum atomic E-state index is 10.7. The SMILES string of the molecule is CCC1CNCC1=O. The average Bonchev–Trinajstić information content (AvgIpc) is 2.14. The Morgan fingerprint density at radius 2 is 2.62 bits per heavy atom. The predicted octanol–water partition coefficient (Wildman–Crippen LogP) is 0.185. The summed E-state index contributed by atoms with van der Waals surface area (Å²) in [6.45, 7) is 3.55. The molecule has 0 aromatic rings. The van der Waals surface area contributed by atoms with Crippen LogP contribution in [0.2, 0.25) is 0 Å². The van der Waals surface area contributed by atoms with Crippen LogP contribution in [-0.2, 0) is 4.79 Å². The molecule has 0 spiro atoms. The molecule has 1 saturated heterocycles. The monoisotopic (exact) mass is 113 g/mol. The second kappa shape index (κ2) is 2.27. The van der Waals surface area contributed by atoms with Gasteiger partial charge in [-0.1, -0.05) is 6.92 Å². The summed E-state index contributed by atoms with van der Waals surface area (Å²) in [5.74, 6) is 0.697. The Hall–Kier alpha value is -0.370. The van der Waals surface area contributed by atoms with Crippen LogP contribution in [0.3, 0.4) is 0 Å². The van der Waals surface area contributed by atoms with Crippen molar-refractivity contribution in [3.63, 3.8) is 0 Å². The normalized spacial score (nSPS) is 29.1. The summed E-state index contributed by atoms with van der Waals surface area (Å²) >= 11 is 0. The first-order valence-electron chi connectivity index (χ1n) is 3.08. The highest BCUT2D eigenvalue weighted by Crippen LogP contribution is 2.06. The third-order valence-electron chi connectivity index (χ3n) is 1.64. The van der Waals surface area contributed by atoms with Crippen LogP contribution in [0.5, 0.6) is 0 Å². The Balaban J connectivity index is 2.42. The van der Waals surface area contributed by atoms with Crippen molar-refractivity contribution in [2.75, 3.05) is 13.1 Å². The molecule has 0 radical (unpaired) electrons. The van der Waals surface area contributed by atoms with E-state index in [2.05, 4.69) is 12.2 Å². The molecule has 2 nitrogen and oxygen atoms in total. The van der Waals surface area contributed by atoms with Crippen LogP contribution < -0.4 is 5.32 Å². The standard InChI is InChI=1S/C6H11NO/c1-2-5-3-7-4-6(5)8/h5,7H,2-4H2,1H3. The van der Waals surface area contributed by atoms with Gasteiger partial charge in [0.05, 0.1) is 6.54 Å². The molecule has 1 unspecified atom stereocenters. The smallest absolute Gasteiger partial charge is 0.150 e. The number of nitrogens with one attached hydrogen (secondary N) is 1. The molecule has 0 bridgehead atoms. The van der Waals surface area contributed by atoms with Crippen LogP contribution in [0.4, 0.5) is 0 Å². The predicted molar refractivity (Wildman–Crippen MR) is 31.7 cm³/mol. The fourth-order valence-electron chi connectivity index (χ4n) is 1.000. The van der Waals surface area contributed by atoms with E-state index in [9.17, 15) is 4.79 Å². The largest absolute Gasteiger partial charge is 0.309 e. The molecule has 1 aliphatic heterocycles. The van der Waals surface area contributed by atoms with Crippen molar-refractivity contribution in [3.05, 3.63) is 0 Å². The minimum absolute atomic E-state index is 0.315. The van der Waals surface area contributed by atoms with Gasteiger partial charge in [0.25, 0.3) is 0 Å². The molecule has 0 aliphatic carbocycles. The molecule has 0 saturated carbocycles. The Kier molecular flexibility index (Phi) is 1.63. The Bertz CT molecular complexity index is 101. The summed E-state index contributed by atoms with van der Waals surface area (Å²) in [6, 6.07) is 0. The lowest BCUT2D eigenvalue weighted by Crippen LogP contribution is -2.08. The molecule has 0 aromatic carbocycles. The van der Waals surface area contributed by atoms with Gasteiger partial charge in [0.2, 0.25) is 0 Å². The number of rotatable bonds is 1. The highest BCUT2D eigenvalue weighted by atomic mass is 16.1. The van der Waals surface area contributed by atoms with Crippen molar-refractivity contribution >= 4 is 5.78 Å². The highest BCUT2D eigenvalue weighted by Gasteiger charge is 2.20. The molecular weight excluding hydrogens is 102 g/mol. The van der Waals surface area contributed by atoms with Crippen molar-refractivity contribution in [1.82, 2.24) is 5.32 Å². The fraction of sp³-hybridized carbons (Fsp3) is 0.833. The molecule has 0 aromatic heterocycles. The first kappa shape index (κ1) is 5.76. The molecule has 1 atom stereocenters. The van der Waals surface area contributed by atoms with Gasteiger partial charge in [-0.05, 0) is 6.42 Å². The average molecular weight is 113 g/mol. The molecule has 1 rings (SSSR count). The summed E-state index contributed by atoms with van der Waals surface area (Å²) in [6.07, 6.45) is 0.992. The van der Waals surface area contributed by atoms with Crippen LogP contribution in [0.25, 0.3) is 0 Å². The fourth-order valence-corrected chi connectivity index (χ4v) is 1.000. The van der Waals surface area contributed by atoms with Crippen molar-refractivity contribution in [3.8, 4) is 0 Å². The summed E-state index contributed by atoms with van der Waals surface area (Å²) in [5.41, 5.74) is 0. The van der Waals surface area contributed by atoms with Crippen LogP contribution in [0, 0.1) is 5.92 Å². The van der Waals surface area contributed by atoms with Gasteiger partial charge in [0, 0.05) is 12.5 Å². The minimum atomic E-state index is 0.315. The Labute approximate surface area is 49.3 Å². The summed E-state index contributed by atoms with van der Waals surface area (Å²) < 4.78 is 0. The van der Waals surface area contributed by atoms with E-state index in [1.165, 1.54) is 0 Å². The molecule has 8 heavy (non-hydrogen) atoms. The van der Waals surface area contributed by atoms with Crippen LogP contribution in [0.1, 0.15) is 13.3 Å². The third kappa shape index (κ3) is 0.892. The van der Waals surface area contributed by atoms with E-state index in [1.54, 1.807) is 0 Å². The zero-order chi connectivity index (χ0) is 5.98. The number of ketones is 1. The van der Waals surface area contributed by atoms with Crippen molar-refractivity contribution in [2.24, 2.45) is 5.92 Å². The quantitative estimate of drug-likeness (QED) is 0.525. The summed E-state index contributed by atoms with van der Waals surface area (Å²) in [4.78, 5) is 10.7. The maximum absolute atomic E-state index is 10.7. The summed E-state index contributed by atoms with van der Waals surface area (Å²) in [7, 11) is 0. The van der Waals surface area contributed by atoms with Crippen LogP contribution in [-0.4, -0.2) is 18.9 Å². The second-order valence-electron chi connectivity index (χ2n) is 2.20. The van der Waals surface area contributed by atoms with Gasteiger partial charge < -0.3 is 5.32 Å². The molecule has 1 N–H and O–H groups in total. The topological polar surface area (TPSA) is 29.1 Å². The molecule has 0 amide bonds. The number of carbonyl (C=O) groups excluding carboxylic acids is 1. The van der Waals surface area contributed by atoms with Gasteiger partial charge in [0.1, 0.15) is 0 Å². The number of Topliss-reactive ketones (excluding diaryl/α,β-unsaturated/α-hetero) is 1. The van der Waals surface area contributed by atoms with Gasteiger partial charge in [0.15, 0.2) is 5.78 Å². The molecule has 2 heteroatoms. The number of carbonyl (C=O) groups is 1. The lowest BCUT2D eigenvalue weighted by Gasteiger charge is -1.97. The first-order chi connectivity index (χ1) is 3.84. The third-order valence-corrected chi connectivity index (χ3v) is 1.64. The molecule has 1 fully saturated rings. The van der Waals surface area contributed by atoms with Gasteiger partial charge >= 0.3 is 0 Å². The van der Waals surface area contributed by atoms with E-state index in [0.717, 1.165) is 13.0 Å². The van der Waals surface area contributed by atoms with E-state index < -0.39 is 0 Å². The van der Waals surface area contributed by atoms with E-state index >= 15 is 0 Å². The summed E-state index contributed by atoms with van der Waals surface area (Å²) in [5, 5.41) is 3.02. The number of hydrogen-bond donors (Lipinski definition) is 1. The van der Waals surface area contributed by atoms with E-state index in [-0.39, 0.29) is 0 Å². The molecule has 1 heterocycles. The highest BCUT2D eigenvalue weighted by molar-refractivity contribution is 5.85. The van der Waals surface area contributed by atoms with E-state index in [0.29, 0.717) is 18.2 Å². The maximum Gasteiger partial charge on any atom is 0.150 e. The van der Waals surface area contributed by atoms with Crippen LogP contribution >= 0.6 is 0 Å². The van der Waals surface area contributed by atoms with Gasteiger partial charge in [-0.3, -0.25) is 4.79 Å². The Morgan fingerprint density at radius 3 is 2.88 bits per heavy atom. The van der Waals surface area contributed by atoms with Crippen molar-refractivity contribution < 1.29 is 4.79 Å². The zero-order valence-corrected chi connectivity index (χ0v) is 5.11. The molecule has 1 aliphatic rings.